The third kappa shape index (κ3) is 4.70. The van der Waals surface area contributed by atoms with Gasteiger partial charge in [0.1, 0.15) is 5.82 Å². The monoisotopic (exact) mass is 330 g/mol. The van der Waals surface area contributed by atoms with Crippen LogP contribution in [0.4, 0.5) is 17.2 Å². The average Bonchev–Trinajstić information content (AvgIpc) is 2.57. The fourth-order valence-corrected chi connectivity index (χ4v) is 2.20. The van der Waals surface area contributed by atoms with E-state index in [1.54, 1.807) is 0 Å². The Labute approximate surface area is 143 Å². The van der Waals surface area contributed by atoms with Crippen LogP contribution in [0, 0.1) is 6.92 Å². The topological polar surface area (TPSA) is 40.5 Å². The van der Waals surface area contributed by atoms with Crippen molar-refractivity contribution in [2.24, 2.45) is 4.99 Å². The molecule has 0 aliphatic rings. The van der Waals surface area contributed by atoms with Crippen LogP contribution >= 0.6 is 11.6 Å². The Bertz CT molecular complexity index is 697. The second kappa shape index (κ2) is 7.97. The van der Waals surface area contributed by atoms with Gasteiger partial charge in [0.15, 0.2) is 0 Å². The maximum atomic E-state index is 6.43. The molecule has 2 rings (SSSR count). The zero-order valence-corrected chi connectivity index (χ0v) is 14.9. The van der Waals surface area contributed by atoms with Crippen molar-refractivity contribution in [1.29, 1.82) is 0 Å². The average molecular weight is 331 g/mol. The number of pyridine rings is 1. The van der Waals surface area contributed by atoms with Gasteiger partial charge >= 0.3 is 0 Å². The number of hydrogen-bond acceptors (Lipinski definition) is 3. The second-order valence-corrected chi connectivity index (χ2v) is 5.81. The van der Waals surface area contributed by atoms with E-state index in [2.05, 4.69) is 29.1 Å². The number of benzene rings is 1. The van der Waals surface area contributed by atoms with Crippen molar-refractivity contribution in [2.45, 2.75) is 27.2 Å². The highest BCUT2D eigenvalue weighted by atomic mass is 35.5. The summed E-state index contributed by atoms with van der Waals surface area (Å²) in [4.78, 5) is 11.1. The predicted molar refractivity (Wildman–Crippen MR) is 99.5 cm³/mol. The number of hydrogen-bond donors (Lipinski definition) is 1. The lowest BCUT2D eigenvalue weighted by Crippen LogP contribution is -2.14. The highest BCUT2D eigenvalue weighted by Gasteiger charge is 2.07. The molecule has 0 amide bonds. The summed E-state index contributed by atoms with van der Waals surface area (Å²) >= 11 is 6.43. The fourth-order valence-electron chi connectivity index (χ4n) is 2.05. The van der Waals surface area contributed by atoms with Crippen molar-refractivity contribution >= 4 is 35.1 Å². The first-order valence-corrected chi connectivity index (χ1v) is 8.18. The van der Waals surface area contributed by atoms with E-state index in [0.717, 1.165) is 41.4 Å². The highest BCUT2D eigenvalue weighted by Crippen LogP contribution is 2.32. The molecule has 0 aliphatic heterocycles. The molecule has 0 unspecified atom stereocenters. The lowest BCUT2D eigenvalue weighted by Gasteiger charge is -2.12. The van der Waals surface area contributed by atoms with Gasteiger partial charge in [-0.25, -0.2) is 9.98 Å². The molecule has 0 atom stereocenters. The number of rotatable bonds is 6. The second-order valence-electron chi connectivity index (χ2n) is 5.43. The molecule has 1 aromatic carbocycles. The van der Waals surface area contributed by atoms with Crippen LogP contribution in [0.15, 0.2) is 35.3 Å². The Hall–Kier alpha value is -2.07. The van der Waals surface area contributed by atoms with Crippen molar-refractivity contribution in [3.63, 3.8) is 0 Å². The van der Waals surface area contributed by atoms with E-state index < -0.39 is 0 Å². The standard InChI is InChI=1S/C18H23ClN4/c1-5-14-8-7-9-17(21-14)22-16-11-15(10-13(3)18(16)19)20-12-23(4)6-2/h7-12H,5-6H2,1-4H3,(H,21,22). The smallest absolute Gasteiger partial charge is 0.130 e. The molecular formula is C18H23ClN4. The van der Waals surface area contributed by atoms with E-state index in [1.807, 2.05) is 55.5 Å². The molecule has 1 N–H and O–H groups in total. The number of aliphatic imine (C=N–C) groups is 1. The zero-order chi connectivity index (χ0) is 16.8. The number of nitrogens with zero attached hydrogens (tertiary/aromatic N) is 3. The van der Waals surface area contributed by atoms with E-state index in [4.69, 9.17) is 11.6 Å². The minimum Gasteiger partial charge on any atom is -0.366 e. The van der Waals surface area contributed by atoms with Crippen LogP contribution in [0.3, 0.4) is 0 Å². The zero-order valence-electron chi connectivity index (χ0n) is 14.1. The van der Waals surface area contributed by atoms with Crippen LogP contribution in [-0.4, -0.2) is 29.8 Å². The van der Waals surface area contributed by atoms with Gasteiger partial charge in [-0.05, 0) is 50.1 Å². The first kappa shape index (κ1) is 17.3. The van der Waals surface area contributed by atoms with Crippen molar-refractivity contribution in [2.75, 3.05) is 18.9 Å². The van der Waals surface area contributed by atoms with Crippen molar-refractivity contribution in [1.82, 2.24) is 9.88 Å². The van der Waals surface area contributed by atoms with Gasteiger partial charge in [-0.15, -0.1) is 0 Å². The van der Waals surface area contributed by atoms with Gasteiger partial charge in [-0.2, -0.15) is 0 Å². The molecule has 1 heterocycles. The van der Waals surface area contributed by atoms with Gasteiger partial charge in [-0.1, -0.05) is 24.6 Å². The molecule has 5 heteroatoms. The Morgan fingerprint density at radius 1 is 1.30 bits per heavy atom. The first-order chi connectivity index (χ1) is 11.0. The summed E-state index contributed by atoms with van der Waals surface area (Å²) in [5, 5.41) is 3.99. The van der Waals surface area contributed by atoms with Crippen molar-refractivity contribution in [3.8, 4) is 0 Å². The highest BCUT2D eigenvalue weighted by molar-refractivity contribution is 6.34. The normalized spacial score (nSPS) is 11.0. The lowest BCUT2D eigenvalue weighted by molar-refractivity contribution is 0.552. The maximum absolute atomic E-state index is 6.43. The number of aryl methyl sites for hydroxylation is 2. The van der Waals surface area contributed by atoms with E-state index in [0.29, 0.717) is 5.02 Å². The summed E-state index contributed by atoms with van der Waals surface area (Å²) in [6, 6.07) is 9.86. The molecule has 23 heavy (non-hydrogen) atoms. The SMILES string of the molecule is CCc1cccc(Nc2cc(N=CN(C)CC)cc(C)c2Cl)n1. The largest absolute Gasteiger partial charge is 0.366 e. The summed E-state index contributed by atoms with van der Waals surface area (Å²) in [5.41, 5.74) is 3.70. The molecule has 0 bridgehead atoms. The molecule has 0 aliphatic carbocycles. The number of aromatic nitrogens is 1. The van der Waals surface area contributed by atoms with Gasteiger partial charge < -0.3 is 10.2 Å². The number of nitrogens with one attached hydrogen (secondary N) is 1. The van der Waals surface area contributed by atoms with Gasteiger partial charge in [-0.3, -0.25) is 0 Å². The molecule has 0 fully saturated rings. The third-order valence-corrected chi connectivity index (χ3v) is 4.08. The van der Waals surface area contributed by atoms with Crippen LogP contribution in [-0.2, 0) is 6.42 Å². The molecular weight excluding hydrogens is 308 g/mol. The van der Waals surface area contributed by atoms with Gasteiger partial charge in [0, 0.05) is 19.3 Å². The van der Waals surface area contributed by atoms with E-state index in [9.17, 15) is 0 Å². The Morgan fingerprint density at radius 2 is 2.09 bits per heavy atom. The van der Waals surface area contributed by atoms with Crippen LogP contribution < -0.4 is 5.32 Å². The first-order valence-electron chi connectivity index (χ1n) is 7.81. The van der Waals surface area contributed by atoms with E-state index >= 15 is 0 Å². The molecule has 0 saturated carbocycles. The predicted octanol–water partition coefficient (Wildman–Crippen LogP) is 4.96. The molecule has 2 aromatic rings. The van der Waals surface area contributed by atoms with Gasteiger partial charge in [0.05, 0.1) is 22.7 Å². The molecule has 0 saturated heterocycles. The summed E-state index contributed by atoms with van der Waals surface area (Å²) in [6.07, 6.45) is 2.72. The Kier molecular flexibility index (Phi) is 5.99. The molecule has 0 radical (unpaired) electrons. The number of halogens is 1. The van der Waals surface area contributed by atoms with Crippen LogP contribution in [0.5, 0.6) is 0 Å². The summed E-state index contributed by atoms with van der Waals surface area (Å²) in [6.45, 7) is 7.06. The fraction of sp³-hybridized carbons (Fsp3) is 0.333. The van der Waals surface area contributed by atoms with Gasteiger partial charge in [0.2, 0.25) is 0 Å². The molecule has 4 nitrogen and oxygen atoms in total. The Balaban J connectivity index is 2.30. The minimum atomic E-state index is 0.691. The minimum absolute atomic E-state index is 0.691. The van der Waals surface area contributed by atoms with Crippen LogP contribution in [0.25, 0.3) is 0 Å². The Morgan fingerprint density at radius 3 is 2.78 bits per heavy atom. The van der Waals surface area contributed by atoms with E-state index in [1.165, 1.54) is 0 Å². The summed E-state index contributed by atoms with van der Waals surface area (Å²) in [7, 11) is 1.99. The van der Waals surface area contributed by atoms with Crippen molar-refractivity contribution in [3.05, 3.63) is 46.6 Å². The number of anilines is 2. The summed E-state index contributed by atoms with van der Waals surface area (Å²) in [5.74, 6) is 0.789. The molecule has 122 valence electrons. The van der Waals surface area contributed by atoms with Crippen LogP contribution in [0.1, 0.15) is 25.1 Å². The van der Waals surface area contributed by atoms with Crippen molar-refractivity contribution < 1.29 is 0 Å². The van der Waals surface area contributed by atoms with E-state index in [-0.39, 0.29) is 0 Å². The molecule has 0 spiro atoms. The quantitative estimate of drug-likeness (QED) is 0.601. The third-order valence-electron chi connectivity index (χ3n) is 3.57. The lowest BCUT2D eigenvalue weighted by atomic mass is 10.2. The molecule has 1 aromatic heterocycles. The van der Waals surface area contributed by atoms with Crippen LogP contribution in [0.2, 0.25) is 5.02 Å². The maximum Gasteiger partial charge on any atom is 0.130 e. The van der Waals surface area contributed by atoms with Gasteiger partial charge in [0.25, 0.3) is 0 Å². The summed E-state index contributed by atoms with van der Waals surface area (Å²) < 4.78 is 0.